The van der Waals surface area contributed by atoms with Crippen molar-refractivity contribution in [1.29, 1.82) is 0 Å². The Kier molecular flexibility index (Phi) is 8.40. The van der Waals surface area contributed by atoms with Gasteiger partial charge in [0, 0.05) is 31.4 Å². The summed E-state index contributed by atoms with van der Waals surface area (Å²) < 4.78 is 37.5. The highest BCUT2D eigenvalue weighted by Gasteiger charge is 2.35. The molecule has 0 unspecified atom stereocenters. The molecule has 5 rings (SSSR count). The fourth-order valence-electron chi connectivity index (χ4n) is 4.94. The molecule has 1 amide bonds. The summed E-state index contributed by atoms with van der Waals surface area (Å²) in [6, 6.07) is 10.4. The molecule has 1 saturated heterocycles. The number of hydrogen-bond donors (Lipinski definition) is 2. The van der Waals surface area contributed by atoms with Crippen LogP contribution in [0.15, 0.2) is 47.5 Å². The van der Waals surface area contributed by atoms with E-state index in [1.165, 1.54) is 6.20 Å². The zero-order chi connectivity index (χ0) is 29.3. The SMILES string of the molecule is CC(C)Oc1cc2c(cc1Nc1ncc(Cl)c(Nc3ccccc3S(=O)(=O)C(C)C)n1)C(=O)N(C1CCOCC1)C2. The van der Waals surface area contributed by atoms with Gasteiger partial charge in [-0.25, -0.2) is 13.4 Å². The molecule has 3 aromatic rings. The maximum atomic E-state index is 13.4. The molecular formula is C29H34ClN5O5S. The Hall–Kier alpha value is -3.41. The van der Waals surface area contributed by atoms with Crippen molar-refractivity contribution in [2.45, 2.75) is 69.4 Å². The number of sulfone groups is 1. The largest absolute Gasteiger partial charge is 0.489 e. The van der Waals surface area contributed by atoms with Crippen molar-refractivity contribution >= 4 is 50.5 Å². The first kappa shape index (κ1) is 29.1. The zero-order valence-corrected chi connectivity index (χ0v) is 25.1. The number of hydrogen-bond acceptors (Lipinski definition) is 9. The zero-order valence-electron chi connectivity index (χ0n) is 23.5. The summed E-state index contributed by atoms with van der Waals surface area (Å²) in [4.78, 5) is 24.3. The number of carbonyl (C=O) groups is 1. The second kappa shape index (κ2) is 11.8. The lowest BCUT2D eigenvalue weighted by Gasteiger charge is -2.30. The summed E-state index contributed by atoms with van der Waals surface area (Å²) >= 11 is 6.42. The van der Waals surface area contributed by atoms with Gasteiger partial charge in [-0.3, -0.25) is 4.79 Å². The number of carbonyl (C=O) groups excluding carboxylic acids is 1. The summed E-state index contributed by atoms with van der Waals surface area (Å²) in [5.41, 5.74) is 2.41. The molecule has 12 heteroatoms. The molecule has 2 N–H and O–H groups in total. The lowest BCUT2D eigenvalue weighted by molar-refractivity contribution is 0.0303. The molecule has 0 spiro atoms. The molecule has 2 aliphatic rings. The van der Waals surface area contributed by atoms with Crippen LogP contribution in [0, 0.1) is 0 Å². The monoisotopic (exact) mass is 599 g/mol. The smallest absolute Gasteiger partial charge is 0.254 e. The van der Waals surface area contributed by atoms with Gasteiger partial charge in [0.05, 0.1) is 33.8 Å². The average Bonchev–Trinajstić information content (AvgIpc) is 3.26. The van der Waals surface area contributed by atoms with Crippen LogP contribution in [0.3, 0.4) is 0 Å². The second-order valence-electron chi connectivity index (χ2n) is 10.7. The number of ether oxygens (including phenoxy) is 2. The minimum absolute atomic E-state index is 0.0200. The van der Waals surface area contributed by atoms with Crippen LogP contribution in [0.25, 0.3) is 0 Å². The highest BCUT2D eigenvalue weighted by molar-refractivity contribution is 7.92. The number of fused-ring (bicyclic) bond motifs is 1. The molecule has 0 radical (unpaired) electrons. The predicted octanol–water partition coefficient (Wildman–Crippen LogP) is 5.72. The van der Waals surface area contributed by atoms with Crippen LogP contribution in [0.4, 0.5) is 23.1 Å². The van der Waals surface area contributed by atoms with Crippen LogP contribution in [0.2, 0.25) is 5.02 Å². The molecule has 0 bridgehead atoms. The fourth-order valence-corrected chi connectivity index (χ4v) is 6.28. The number of para-hydroxylation sites is 1. The third kappa shape index (κ3) is 6.12. The van der Waals surface area contributed by atoms with Crippen LogP contribution >= 0.6 is 11.6 Å². The standard InChI is InChI=1S/C29H34ClN5O5S/c1-17(2)40-25-13-19-16-35(20-9-11-39-12-10-20)28(36)21(19)14-24(25)33-29-31-15-22(30)27(34-29)32-23-7-5-6-8-26(23)41(37,38)18(3)4/h5-8,13-15,17-18,20H,9-12,16H2,1-4H3,(H2,31,32,33,34). The number of nitrogens with zero attached hydrogens (tertiary/aromatic N) is 3. The van der Waals surface area contributed by atoms with Crippen LogP contribution in [0.1, 0.15) is 56.5 Å². The van der Waals surface area contributed by atoms with E-state index in [0.29, 0.717) is 42.4 Å². The maximum Gasteiger partial charge on any atom is 0.254 e. The lowest BCUT2D eigenvalue weighted by Crippen LogP contribution is -2.39. The minimum atomic E-state index is -3.56. The van der Waals surface area contributed by atoms with Crippen molar-refractivity contribution < 1.29 is 22.7 Å². The fraction of sp³-hybridized carbons (Fsp3) is 0.414. The minimum Gasteiger partial charge on any atom is -0.489 e. The summed E-state index contributed by atoms with van der Waals surface area (Å²) in [5, 5.41) is 5.85. The van der Waals surface area contributed by atoms with Crippen molar-refractivity contribution in [3.05, 3.63) is 58.7 Å². The number of nitrogens with one attached hydrogen (secondary N) is 2. The molecule has 2 aliphatic heterocycles. The van der Waals surface area contributed by atoms with Gasteiger partial charge >= 0.3 is 0 Å². The maximum absolute atomic E-state index is 13.4. The molecule has 2 aromatic carbocycles. The summed E-state index contributed by atoms with van der Waals surface area (Å²) in [6.07, 6.45) is 2.94. The van der Waals surface area contributed by atoms with Gasteiger partial charge in [0.25, 0.3) is 5.91 Å². The van der Waals surface area contributed by atoms with E-state index < -0.39 is 15.1 Å². The Morgan fingerprint density at radius 2 is 1.80 bits per heavy atom. The first-order valence-corrected chi connectivity index (χ1v) is 15.6. The normalized spacial score (nSPS) is 15.9. The highest BCUT2D eigenvalue weighted by atomic mass is 35.5. The van der Waals surface area contributed by atoms with Gasteiger partial charge < -0.3 is 25.0 Å². The Balaban J connectivity index is 1.45. The number of benzene rings is 2. The lowest BCUT2D eigenvalue weighted by atomic mass is 10.1. The number of anilines is 4. The Bertz CT molecular complexity index is 1560. The van der Waals surface area contributed by atoms with Gasteiger partial charge in [-0.15, -0.1) is 0 Å². The van der Waals surface area contributed by atoms with Gasteiger partial charge in [0.1, 0.15) is 10.8 Å². The molecule has 0 saturated carbocycles. The van der Waals surface area contributed by atoms with Gasteiger partial charge in [-0.2, -0.15) is 4.98 Å². The third-order valence-electron chi connectivity index (χ3n) is 7.09. The predicted molar refractivity (Wildman–Crippen MR) is 158 cm³/mol. The van der Waals surface area contributed by atoms with Crippen LogP contribution in [-0.2, 0) is 21.1 Å². The van der Waals surface area contributed by atoms with E-state index in [0.717, 1.165) is 18.4 Å². The Labute approximate surface area is 245 Å². The van der Waals surface area contributed by atoms with E-state index >= 15 is 0 Å². The molecule has 0 aliphatic carbocycles. The quantitative estimate of drug-likeness (QED) is 0.318. The average molecular weight is 600 g/mol. The van der Waals surface area contributed by atoms with Gasteiger partial charge in [0.15, 0.2) is 15.7 Å². The summed E-state index contributed by atoms with van der Waals surface area (Å²) in [6.45, 7) is 8.95. The van der Waals surface area contributed by atoms with Crippen LogP contribution < -0.4 is 15.4 Å². The Morgan fingerprint density at radius 3 is 2.51 bits per heavy atom. The first-order chi connectivity index (χ1) is 19.5. The van der Waals surface area contributed by atoms with E-state index in [1.807, 2.05) is 24.8 Å². The van der Waals surface area contributed by atoms with Crippen molar-refractivity contribution in [1.82, 2.24) is 14.9 Å². The van der Waals surface area contributed by atoms with E-state index in [2.05, 4.69) is 20.6 Å². The first-order valence-electron chi connectivity index (χ1n) is 13.7. The number of aromatic nitrogens is 2. The third-order valence-corrected chi connectivity index (χ3v) is 9.58. The van der Waals surface area contributed by atoms with Gasteiger partial charge in [-0.1, -0.05) is 23.7 Å². The van der Waals surface area contributed by atoms with Crippen molar-refractivity contribution in [2.24, 2.45) is 0 Å². The van der Waals surface area contributed by atoms with Crippen molar-refractivity contribution in [2.75, 3.05) is 23.8 Å². The summed E-state index contributed by atoms with van der Waals surface area (Å²) in [7, 11) is -3.56. The molecule has 1 aromatic heterocycles. The number of rotatable bonds is 9. The molecule has 41 heavy (non-hydrogen) atoms. The highest BCUT2D eigenvalue weighted by Crippen LogP contribution is 2.38. The number of amides is 1. The van der Waals surface area contributed by atoms with E-state index in [4.69, 9.17) is 21.1 Å². The Morgan fingerprint density at radius 1 is 1.07 bits per heavy atom. The van der Waals surface area contributed by atoms with E-state index in [9.17, 15) is 13.2 Å². The van der Waals surface area contributed by atoms with E-state index in [-0.39, 0.29) is 39.7 Å². The molecule has 3 heterocycles. The van der Waals surface area contributed by atoms with Gasteiger partial charge in [-0.05, 0) is 70.4 Å². The topological polar surface area (TPSA) is 123 Å². The van der Waals surface area contributed by atoms with E-state index in [1.54, 1.807) is 44.2 Å². The van der Waals surface area contributed by atoms with Crippen LogP contribution in [0.5, 0.6) is 5.75 Å². The number of halogens is 1. The van der Waals surface area contributed by atoms with Crippen molar-refractivity contribution in [3.8, 4) is 5.75 Å². The second-order valence-corrected chi connectivity index (χ2v) is 13.6. The molecule has 218 valence electrons. The molecule has 10 nitrogen and oxygen atoms in total. The van der Waals surface area contributed by atoms with Crippen molar-refractivity contribution in [3.63, 3.8) is 0 Å². The molecule has 0 atom stereocenters. The van der Waals surface area contributed by atoms with Gasteiger partial charge in [0.2, 0.25) is 5.95 Å². The summed E-state index contributed by atoms with van der Waals surface area (Å²) in [5.74, 6) is 0.974. The molecule has 1 fully saturated rings. The van der Waals surface area contributed by atoms with Crippen LogP contribution in [-0.4, -0.2) is 59.8 Å². The molecular weight excluding hydrogens is 566 g/mol.